The van der Waals surface area contributed by atoms with Gasteiger partial charge < -0.3 is 20.4 Å². The minimum absolute atomic E-state index is 0.177. The van der Waals surface area contributed by atoms with E-state index in [1.807, 2.05) is 80.5 Å². The van der Waals surface area contributed by atoms with Crippen LogP contribution in [0.15, 0.2) is 78.5 Å². The quantitative estimate of drug-likeness (QED) is 0.490. The number of likely N-dealkylation sites (N-methyl/N-ethyl adjacent to an activating group) is 1. The zero-order chi connectivity index (χ0) is 26.5. The van der Waals surface area contributed by atoms with E-state index in [1.54, 1.807) is 15.9 Å². The van der Waals surface area contributed by atoms with Gasteiger partial charge in [0.2, 0.25) is 5.91 Å². The lowest BCUT2D eigenvalue weighted by molar-refractivity contribution is -0.136. The average molecular weight is 502 g/mol. The molecular weight excluding hydrogens is 466 g/mol. The first-order chi connectivity index (χ1) is 17.8. The molecule has 8 nitrogen and oxygen atoms in total. The van der Waals surface area contributed by atoms with Gasteiger partial charge in [-0.1, -0.05) is 66.2 Å². The Hall–Kier alpha value is -3.91. The number of aryl methyl sites for hydroxylation is 1. The average Bonchev–Trinajstić information content (AvgIpc) is 3.21. The summed E-state index contributed by atoms with van der Waals surface area (Å²) in [6.45, 7) is 7.37. The first-order valence-corrected chi connectivity index (χ1v) is 12.6. The minimum Gasteiger partial charge on any atom is -0.353 e. The van der Waals surface area contributed by atoms with Crippen molar-refractivity contribution in [2.24, 2.45) is 0 Å². The summed E-state index contributed by atoms with van der Waals surface area (Å²) in [4.78, 5) is 45.8. The van der Waals surface area contributed by atoms with Crippen LogP contribution in [-0.4, -0.2) is 78.9 Å². The number of amides is 4. The molecule has 2 heterocycles. The highest BCUT2D eigenvalue weighted by molar-refractivity contribution is 6.03. The number of rotatable bonds is 10. The van der Waals surface area contributed by atoms with Crippen LogP contribution in [0.3, 0.4) is 0 Å². The fraction of sp³-hybridized carbons (Fsp3) is 0.345. The molecule has 4 amide bonds. The molecule has 0 fully saturated rings. The molecule has 194 valence electrons. The molecule has 2 aliphatic heterocycles. The second kappa shape index (κ2) is 11.4. The zero-order valence-corrected chi connectivity index (χ0v) is 21.7. The number of hydrogen-bond donors (Lipinski definition) is 2. The van der Waals surface area contributed by atoms with Crippen molar-refractivity contribution >= 4 is 17.8 Å². The smallest absolute Gasteiger partial charge is 0.322 e. The van der Waals surface area contributed by atoms with Crippen LogP contribution in [0.25, 0.3) is 0 Å². The Morgan fingerprint density at radius 3 is 2.62 bits per heavy atom. The van der Waals surface area contributed by atoms with E-state index in [4.69, 9.17) is 0 Å². The van der Waals surface area contributed by atoms with E-state index < -0.39 is 12.1 Å². The molecular formula is C29H35N5O3. The number of nitrogens with zero attached hydrogens (tertiary/aromatic N) is 3. The van der Waals surface area contributed by atoms with Gasteiger partial charge in [0, 0.05) is 26.1 Å². The minimum atomic E-state index is -0.721. The number of carbonyl (C=O) groups excluding carboxylic acids is 3. The van der Waals surface area contributed by atoms with E-state index in [-0.39, 0.29) is 30.9 Å². The fourth-order valence-corrected chi connectivity index (χ4v) is 4.89. The van der Waals surface area contributed by atoms with Gasteiger partial charge >= 0.3 is 6.03 Å². The van der Waals surface area contributed by atoms with E-state index >= 15 is 0 Å². The summed E-state index contributed by atoms with van der Waals surface area (Å²) in [5.41, 5.74) is 3.96. The second-order valence-electron chi connectivity index (χ2n) is 9.79. The number of hydrogen-bond acceptors (Lipinski definition) is 4. The van der Waals surface area contributed by atoms with Gasteiger partial charge in [-0.2, -0.15) is 0 Å². The summed E-state index contributed by atoms with van der Waals surface area (Å²) < 4.78 is 0. The van der Waals surface area contributed by atoms with Crippen LogP contribution < -0.4 is 10.6 Å². The molecule has 4 rings (SSSR count). The highest BCUT2D eigenvalue weighted by Gasteiger charge is 2.46. The van der Waals surface area contributed by atoms with Gasteiger partial charge in [0.1, 0.15) is 6.04 Å². The predicted molar refractivity (Wildman–Crippen MR) is 144 cm³/mol. The maximum absolute atomic E-state index is 14.1. The molecule has 2 aromatic rings. The van der Waals surface area contributed by atoms with Crippen LogP contribution in [-0.2, 0) is 16.0 Å². The Bertz CT molecular complexity index is 1210. The molecule has 0 aromatic heterocycles. The van der Waals surface area contributed by atoms with Crippen LogP contribution in [0, 0.1) is 6.92 Å². The summed E-state index contributed by atoms with van der Waals surface area (Å²) in [6.07, 6.45) is 2.01. The molecule has 2 aromatic carbocycles. The zero-order valence-electron chi connectivity index (χ0n) is 21.7. The molecule has 0 aliphatic carbocycles. The van der Waals surface area contributed by atoms with Gasteiger partial charge in [-0.3, -0.25) is 14.5 Å². The molecule has 8 heteroatoms. The summed E-state index contributed by atoms with van der Waals surface area (Å²) in [5.74, 6) is -0.445. The third kappa shape index (κ3) is 5.75. The van der Waals surface area contributed by atoms with Crippen molar-refractivity contribution in [2.75, 3.05) is 40.3 Å². The molecule has 0 unspecified atom stereocenters. The van der Waals surface area contributed by atoms with Crippen molar-refractivity contribution in [1.29, 1.82) is 0 Å². The Kier molecular flexibility index (Phi) is 8.08. The second-order valence-corrected chi connectivity index (χ2v) is 9.79. The van der Waals surface area contributed by atoms with Gasteiger partial charge in [0.05, 0.1) is 23.9 Å². The monoisotopic (exact) mass is 501 g/mol. The lowest BCUT2D eigenvalue weighted by atomic mass is 9.94. The summed E-state index contributed by atoms with van der Waals surface area (Å²) in [5, 5.41) is 6.01. The van der Waals surface area contributed by atoms with E-state index in [1.165, 1.54) is 0 Å². The van der Waals surface area contributed by atoms with Crippen molar-refractivity contribution < 1.29 is 14.4 Å². The number of benzene rings is 2. The van der Waals surface area contributed by atoms with Gasteiger partial charge in [-0.25, -0.2) is 4.79 Å². The Labute approximate surface area is 218 Å². The van der Waals surface area contributed by atoms with E-state index in [2.05, 4.69) is 17.2 Å². The Morgan fingerprint density at radius 1 is 1.19 bits per heavy atom. The predicted octanol–water partition coefficient (Wildman–Crippen LogP) is 2.63. The fourth-order valence-electron chi connectivity index (χ4n) is 4.89. The van der Waals surface area contributed by atoms with Crippen molar-refractivity contribution in [3.8, 4) is 0 Å². The van der Waals surface area contributed by atoms with Crippen LogP contribution in [0.1, 0.15) is 22.7 Å². The van der Waals surface area contributed by atoms with Crippen LogP contribution in [0.4, 0.5) is 4.79 Å². The SMILES string of the molecule is C=CCN1C(=O)N[C@@H](c2cccc(C)c2)C2=C1CN([C@@H](Cc1ccccc1)C(=O)NCCN(C)C)C2=O. The van der Waals surface area contributed by atoms with Gasteiger partial charge in [0.15, 0.2) is 0 Å². The molecule has 37 heavy (non-hydrogen) atoms. The lowest BCUT2D eigenvalue weighted by Gasteiger charge is -2.33. The molecule has 2 atom stereocenters. The summed E-state index contributed by atoms with van der Waals surface area (Å²) >= 11 is 0. The first-order valence-electron chi connectivity index (χ1n) is 12.6. The Balaban J connectivity index is 1.70. The lowest BCUT2D eigenvalue weighted by Crippen LogP contribution is -2.50. The highest BCUT2D eigenvalue weighted by atomic mass is 16.2. The number of nitrogens with one attached hydrogen (secondary N) is 2. The van der Waals surface area contributed by atoms with Crippen LogP contribution in [0.2, 0.25) is 0 Å². The van der Waals surface area contributed by atoms with E-state index in [0.29, 0.717) is 30.8 Å². The van der Waals surface area contributed by atoms with E-state index in [0.717, 1.165) is 16.7 Å². The molecule has 0 saturated heterocycles. The van der Waals surface area contributed by atoms with E-state index in [9.17, 15) is 14.4 Å². The first kappa shape index (κ1) is 26.2. The Morgan fingerprint density at radius 2 is 1.95 bits per heavy atom. The molecule has 2 N–H and O–H groups in total. The van der Waals surface area contributed by atoms with Gasteiger partial charge in [-0.05, 0) is 32.1 Å². The van der Waals surface area contributed by atoms with Crippen molar-refractivity contribution in [1.82, 2.24) is 25.3 Å². The molecule has 0 saturated carbocycles. The molecule has 0 bridgehead atoms. The highest BCUT2D eigenvalue weighted by Crippen LogP contribution is 2.37. The third-order valence-electron chi connectivity index (χ3n) is 6.75. The third-order valence-corrected chi connectivity index (χ3v) is 6.75. The molecule has 2 aliphatic rings. The van der Waals surface area contributed by atoms with Crippen molar-refractivity contribution in [2.45, 2.75) is 25.4 Å². The normalized spacial score (nSPS) is 18.1. The molecule has 0 radical (unpaired) electrons. The maximum atomic E-state index is 14.1. The summed E-state index contributed by atoms with van der Waals surface area (Å²) in [7, 11) is 3.89. The number of carbonyl (C=O) groups is 3. The van der Waals surface area contributed by atoms with Crippen molar-refractivity contribution in [3.05, 3.63) is 95.2 Å². The van der Waals surface area contributed by atoms with Gasteiger partial charge in [-0.15, -0.1) is 6.58 Å². The van der Waals surface area contributed by atoms with Crippen LogP contribution in [0.5, 0.6) is 0 Å². The maximum Gasteiger partial charge on any atom is 0.322 e. The van der Waals surface area contributed by atoms with Crippen molar-refractivity contribution in [3.63, 3.8) is 0 Å². The standard InChI is InChI=1S/C29H35N5O3/c1-5-15-33-24-19-34(23(18-21-11-7-6-8-12-21)27(35)30-14-16-32(3)4)28(36)25(24)26(31-29(33)37)22-13-9-10-20(2)17-22/h5-13,17,23,26H,1,14-16,18-19H2,2-4H3,(H,30,35)(H,31,37)/t23-,26-/m0/s1. The topological polar surface area (TPSA) is 85.0 Å². The number of urea groups is 1. The van der Waals surface area contributed by atoms with Crippen LogP contribution >= 0.6 is 0 Å². The van der Waals surface area contributed by atoms with Gasteiger partial charge in [0.25, 0.3) is 5.91 Å². The molecule has 0 spiro atoms. The largest absolute Gasteiger partial charge is 0.353 e. The summed E-state index contributed by atoms with van der Waals surface area (Å²) in [6, 6.07) is 15.9.